The normalized spacial score (nSPS) is 24.0. The highest BCUT2D eigenvalue weighted by atomic mass is 16.5. The Hall–Kier alpha value is -2.66. The number of methoxy groups -OCH3 is 1. The van der Waals surface area contributed by atoms with Crippen LogP contribution in [-0.2, 0) is 10.2 Å². The Bertz CT molecular complexity index is 968. The van der Waals surface area contributed by atoms with Crippen LogP contribution in [-0.4, -0.2) is 42.6 Å². The maximum atomic E-state index is 12.6. The smallest absolute Gasteiger partial charge is 0.345 e. The fraction of sp³-hybridized carbons (Fsp3) is 0.417. The molecule has 1 fully saturated rings. The van der Waals surface area contributed by atoms with Gasteiger partial charge in [0.2, 0.25) is 0 Å². The van der Waals surface area contributed by atoms with Crippen molar-refractivity contribution in [3.05, 3.63) is 70.7 Å². The quantitative estimate of drug-likeness (QED) is 0.731. The summed E-state index contributed by atoms with van der Waals surface area (Å²) in [7, 11) is 3.86. The molecule has 0 unspecified atom stereocenters. The highest BCUT2D eigenvalue weighted by Crippen LogP contribution is 2.48. The van der Waals surface area contributed by atoms with Crippen molar-refractivity contribution in [2.24, 2.45) is 0 Å². The first kappa shape index (κ1) is 19.6. The number of aryl methyl sites for hydroxylation is 2. The van der Waals surface area contributed by atoms with Gasteiger partial charge in [0.25, 0.3) is 0 Å². The van der Waals surface area contributed by atoms with E-state index in [4.69, 9.17) is 9.47 Å². The molecule has 0 N–H and O–H groups in total. The van der Waals surface area contributed by atoms with Gasteiger partial charge in [-0.25, -0.2) is 4.79 Å². The van der Waals surface area contributed by atoms with Crippen molar-refractivity contribution in [1.29, 1.82) is 0 Å². The third-order valence-electron chi connectivity index (χ3n) is 6.53. The van der Waals surface area contributed by atoms with Crippen LogP contribution in [0.15, 0.2) is 48.4 Å². The molecular weight excluding hydrogens is 364 g/mol. The van der Waals surface area contributed by atoms with Gasteiger partial charge in [-0.05, 0) is 75.7 Å². The summed E-state index contributed by atoms with van der Waals surface area (Å²) in [5.74, 6) is 1.36. The van der Waals surface area contributed by atoms with Crippen LogP contribution in [0.3, 0.4) is 0 Å². The largest absolute Gasteiger partial charge is 0.496 e. The molecule has 1 aromatic carbocycles. The number of nitrogens with zero attached hydrogens (tertiary/aromatic N) is 2. The van der Waals surface area contributed by atoms with E-state index in [9.17, 15) is 4.79 Å². The summed E-state index contributed by atoms with van der Waals surface area (Å²) in [5.41, 5.74) is 3.76. The first-order chi connectivity index (χ1) is 13.9. The lowest BCUT2D eigenvalue weighted by atomic mass is 9.68. The van der Waals surface area contributed by atoms with E-state index in [1.807, 2.05) is 6.92 Å². The Morgan fingerprint density at radius 1 is 1.24 bits per heavy atom. The minimum Gasteiger partial charge on any atom is -0.496 e. The molecule has 2 aliphatic rings. The highest BCUT2D eigenvalue weighted by molar-refractivity contribution is 5.91. The van der Waals surface area contributed by atoms with Crippen molar-refractivity contribution in [3.63, 3.8) is 0 Å². The van der Waals surface area contributed by atoms with Gasteiger partial charge in [0.1, 0.15) is 11.5 Å². The van der Waals surface area contributed by atoms with Crippen LogP contribution in [0.4, 0.5) is 0 Å². The van der Waals surface area contributed by atoms with Crippen molar-refractivity contribution in [2.75, 3.05) is 20.7 Å². The number of fused-ring (bicyclic) bond motifs is 1. The summed E-state index contributed by atoms with van der Waals surface area (Å²) in [4.78, 5) is 19.2. The van der Waals surface area contributed by atoms with Crippen LogP contribution in [0.2, 0.25) is 0 Å². The van der Waals surface area contributed by atoms with Crippen molar-refractivity contribution in [1.82, 2.24) is 9.88 Å². The molecule has 1 aromatic heterocycles. The van der Waals surface area contributed by atoms with E-state index >= 15 is 0 Å². The van der Waals surface area contributed by atoms with Crippen LogP contribution in [0, 0.1) is 13.8 Å². The number of likely N-dealkylation sites (tertiary alicyclic amines) is 1. The van der Waals surface area contributed by atoms with Gasteiger partial charge < -0.3 is 9.47 Å². The zero-order valence-corrected chi connectivity index (χ0v) is 17.6. The lowest BCUT2D eigenvalue weighted by molar-refractivity contribution is 0.0592. The highest BCUT2D eigenvalue weighted by Gasteiger charge is 2.48. The lowest BCUT2D eigenvalue weighted by Crippen LogP contribution is -2.42. The summed E-state index contributed by atoms with van der Waals surface area (Å²) in [6.07, 6.45) is 6.64. The zero-order valence-electron chi connectivity index (χ0n) is 17.6. The molecule has 0 bridgehead atoms. The second kappa shape index (κ2) is 7.64. The molecule has 152 valence electrons. The predicted molar refractivity (Wildman–Crippen MR) is 112 cm³/mol. The molecule has 2 aromatic rings. The molecule has 0 spiro atoms. The number of pyridine rings is 1. The summed E-state index contributed by atoms with van der Waals surface area (Å²) in [6, 6.07) is 10.3. The van der Waals surface area contributed by atoms with E-state index in [1.165, 1.54) is 5.56 Å². The van der Waals surface area contributed by atoms with Crippen molar-refractivity contribution in [2.45, 2.75) is 44.6 Å². The van der Waals surface area contributed by atoms with Crippen molar-refractivity contribution < 1.29 is 14.3 Å². The van der Waals surface area contributed by atoms with Gasteiger partial charge in [0, 0.05) is 24.1 Å². The molecule has 2 heterocycles. The van der Waals surface area contributed by atoms with Crippen LogP contribution in [0.5, 0.6) is 5.75 Å². The third kappa shape index (κ3) is 3.44. The lowest BCUT2D eigenvalue weighted by Gasteiger charge is -2.40. The molecule has 0 radical (unpaired) electrons. The number of hydrogen-bond donors (Lipinski definition) is 0. The number of rotatable bonds is 4. The minimum atomic E-state index is -0.324. The predicted octanol–water partition coefficient (Wildman–Crippen LogP) is 4.18. The van der Waals surface area contributed by atoms with E-state index in [0.717, 1.165) is 42.9 Å². The number of allylic oxidation sites excluding steroid dienone is 1. The topological polar surface area (TPSA) is 51.7 Å². The average molecular weight is 392 g/mol. The summed E-state index contributed by atoms with van der Waals surface area (Å²) in [5, 5.41) is 0. The first-order valence-electron chi connectivity index (χ1n) is 10.1. The molecule has 0 amide bonds. The Morgan fingerprint density at radius 2 is 2.07 bits per heavy atom. The number of ether oxygens (including phenoxy) is 2. The minimum absolute atomic E-state index is 0.0475. The van der Waals surface area contributed by atoms with Crippen molar-refractivity contribution >= 4 is 5.97 Å². The SMILES string of the molecule is COc1ccc([C@@]23CCC(OC(=O)c4cccnc4C)=C[C@@H]2N(C)CC3)cc1C. The molecule has 4 rings (SSSR count). The van der Waals surface area contributed by atoms with E-state index in [0.29, 0.717) is 11.3 Å². The van der Waals surface area contributed by atoms with Crippen molar-refractivity contribution in [3.8, 4) is 5.75 Å². The van der Waals surface area contributed by atoms with Gasteiger partial charge >= 0.3 is 5.97 Å². The van der Waals surface area contributed by atoms with E-state index in [-0.39, 0.29) is 17.4 Å². The number of likely N-dealkylation sites (N-methyl/N-ethyl adjacent to an activating group) is 1. The number of hydrogen-bond acceptors (Lipinski definition) is 5. The second-order valence-electron chi connectivity index (χ2n) is 8.17. The van der Waals surface area contributed by atoms with Crippen LogP contribution >= 0.6 is 0 Å². The van der Waals surface area contributed by atoms with Crippen LogP contribution < -0.4 is 4.74 Å². The number of carbonyl (C=O) groups is 1. The van der Waals surface area contributed by atoms with E-state index < -0.39 is 0 Å². The number of aromatic nitrogens is 1. The number of carbonyl (C=O) groups excluding carboxylic acids is 1. The zero-order chi connectivity index (χ0) is 20.6. The Kier molecular flexibility index (Phi) is 5.17. The maximum Gasteiger partial charge on any atom is 0.345 e. The Labute approximate surface area is 172 Å². The monoisotopic (exact) mass is 392 g/mol. The van der Waals surface area contributed by atoms with Gasteiger partial charge in [0.15, 0.2) is 0 Å². The first-order valence-corrected chi connectivity index (χ1v) is 10.1. The average Bonchev–Trinajstić information content (AvgIpc) is 3.05. The molecule has 1 saturated heterocycles. The molecule has 1 aliphatic heterocycles. The Balaban J connectivity index is 1.62. The molecular formula is C24H28N2O3. The fourth-order valence-corrected chi connectivity index (χ4v) is 4.86. The molecule has 1 aliphatic carbocycles. The molecule has 29 heavy (non-hydrogen) atoms. The standard InChI is InChI=1S/C24H28N2O3/c1-16-14-18(7-8-21(16)28-4)24-10-9-19(15-22(24)26(3)13-11-24)29-23(27)20-6-5-12-25-17(20)2/h5-8,12,14-15,22H,9-11,13H2,1-4H3/t22-,24-/m0/s1. The summed E-state index contributed by atoms with van der Waals surface area (Å²) < 4.78 is 11.2. The molecule has 2 atom stereocenters. The summed E-state index contributed by atoms with van der Waals surface area (Å²) in [6.45, 7) is 4.94. The van der Waals surface area contributed by atoms with Gasteiger partial charge in [-0.3, -0.25) is 9.88 Å². The van der Waals surface area contributed by atoms with Gasteiger partial charge in [0.05, 0.1) is 18.4 Å². The van der Waals surface area contributed by atoms with Gasteiger partial charge in [-0.1, -0.05) is 12.1 Å². The van der Waals surface area contributed by atoms with Gasteiger partial charge in [-0.2, -0.15) is 0 Å². The van der Waals surface area contributed by atoms with Gasteiger partial charge in [-0.15, -0.1) is 0 Å². The Morgan fingerprint density at radius 3 is 2.79 bits per heavy atom. The maximum absolute atomic E-state index is 12.6. The third-order valence-corrected chi connectivity index (χ3v) is 6.53. The summed E-state index contributed by atoms with van der Waals surface area (Å²) >= 11 is 0. The fourth-order valence-electron chi connectivity index (χ4n) is 4.86. The van der Waals surface area contributed by atoms with E-state index in [1.54, 1.807) is 25.4 Å². The molecule has 0 saturated carbocycles. The number of esters is 1. The molecule has 5 nitrogen and oxygen atoms in total. The van der Waals surface area contributed by atoms with E-state index in [2.05, 4.69) is 48.1 Å². The van der Waals surface area contributed by atoms with Crippen LogP contribution in [0.25, 0.3) is 0 Å². The number of benzene rings is 1. The van der Waals surface area contributed by atoms with Crippen LogP contribution in [0.1, 0.15) is 46.4 Å². The molecule has 5 heteroatoms. The second-order valence-corrected chi connectivity index (χ2v) is 8.17.